The highest BCUT2D eigenvalue weighted by atomic mass is 16.1. The predicted molar refractivity (Wildman–Crippen MR) is 97.4 cm³/mol. The summed E-state index contributed by atoms with van der Waals surface area (Å²) >= 11 is 0. The molecule has 3 heterocycles. The van der Waals surface area contributed by atoms with Crippen molar-refractivity contribution in [2.75, 3.05) is 6.54 Å². The fourth-order valence-electron chi connectivity index (χ4n) is 3.49. The molecule has 0 aliphatic carbocycles. The van der Waals surface area contributed by atoms with E-state index in [9.17, 15) is 4.79 Å². The van der Waals surface area contributed by atoms with Gasteiger partial charge in [-0.2, -0.15) is 0 Å². The minimum absolute atomic E-state index is 0.0238. The van der Waals surface area contributed by atoms with E-state index in [1.54, 1.807) is 6.20 Å². The van der Waals surface area contributed by atoms with Crippen molar-refractivity contribution in [3.8, 4) is 11.4 Å². The average molecular weight is 350 g/mol. The van der Waals surface area contributed by atoms with Gasteiger partial charge in [0.05, 0.1) is 5.92 Å². The molecule has 1 amide bonds. The fraction of sp³-hybridized carbons (Fsp3) is 0.368. The SMILES string of the molecule is Cc1nccn1CCNC(=O)C1CCCn2c(-c3ccccc3)nnc21. The minimum atomic E-state index is -0.238. The number of hydrogen-bond acceptors (Lipinski definition) is 4. The third-order valence-corrected chi connectivity index (χ3v) is 4.89. The molecule has 0 saturated heterocycles. The predicted octanol–water partition coefficient (Wildman–Crippen LogP) is 2.14. The molecule has 26 heavy (non-hydrogen) atoms. The Bertz CT molecular complexity index is 898. The molecule has 1 atom stereocenters. The highest BCUT2D eigenvalue weighted by Gasteiger charge is 2.30. The number of fused-ring (bicyclic) bond motifs is 1. The Balaban J connectivity index is 1.47. The quantitative estimate of drug-likeness (QED) is 0.765. The van der Waals surface area contributed by atoms with Crippen LogP contribution in [0.4, 0.5) is 0 Å². The van der Waals surface area contributed by atoms with Gasteiger partial charge in [0.25, 0.3) is 0 Å². The highest BCUT2D eigenvalue weighted by molar-refractivity contribution is 5.83. The van der Waals surface area contributed by atoms with Gasteiger partial charge in [-0.05, 0) is 19.8 Å². The lowest BCUT2D eigenvalue weighted by molar-refractivity contribution is -0.123. The zero-order valence-electron chi connectivity index (χ0n) is 14.8. The molecule has 0 bridgehead atoms. The molecule has 1 N–H and O–H groups in total. The van der Waals surface area contributed by atoms with Gasteiger partial charge in [0.2, 0.25) is 5.91 Å². The smallest absolute Gasteiger partial charge is 0.230 e. The third kappa shape index (κ3) is 3.12. The minimum Gasteiger partial charge on any atom is -0.354 e. The van der Waals surface area contributed by atoms with Gasteiger partial charge in [-0.15, -0.1) is 10.2 Å². The zero-order valence-corrected chi connectivity index (χ0v) is 14.8. The average Bonchev–Trinajstić information content (AvgIpc) is 3.28. The van der Waals surface area contributed by atoms with E-state index in [2.05, 4.69) is 25.1 Å². The molecule has 0 fully saturated rings. The molecule has 2 aromatic heterocycles. The molecule has 1 aliphatic rings. The van der Waals surface area contributed by atoms with Crippen LogP contribution >= 0.6 is 0 Å². The summed E-state index contributed by atoms with van der Waals surface area (Å²) in [4.78, 5) is 16.9. The summed E-state index contributed by atoms with van der Waals surface area (Å²) in [5.41, 5.74) is 1.03. The van der Waals surface area contributed by atoms with Crippen LogP contribution < -0.4 is 5.32 Å². The number of carbonyl (C=O) groups is 1. The number of imidazole rings is 1. The Morgan fingerprint density at radius 3 is 2.88 bits per heavy atom. The van der Waals surface area contributed by atoms with Crippen LogP contribution in [0.15, 0.2) is 42.7 Å². The Morgan fingerprint density at radius 1 is 1.27 bits per heavy atom. The molecule has 0 spiro atoms. The number of aryl methyl sites for hydroxylation is 1. The van der Waals surface area contributed by atoms with Crippen LogP contribution in [-0.4, -0.2) is 36.8 Å². The van der Waals surface area contributed by atoms with Gasteiger partial charge in [0.15, 0.2) is 5.82 Å². The Labute approximate surface area is 152 Å². The van der Waals surface area contributed by atoms with Crippen LogP contribution in [0.5, 0.6) is 0 Å². The van der Waals surface area contributed by atoms with Crippen LogP contribution in [-0.2, 0) is 17.9 Å². The number of nitrogens with one attached hydrogen (secondary N) is 1. The van der Waals surface area contributed by atoms with Crippen molar-refractivity contribution in [3.05, 3.63) is 54.4 Å². The zero-order chi connectivity index (χ0) is 17.9. The van der Waals surface area contributed by atoms with Crippen LogP contribution in [0.3, 0.4) is 0 Å². The Morgan fingerprint density at radius 2 is 2.12 bits per heavy atom. The third-order valence-electron chi connectivity index (χ3n) is 4.89. The lowest BCUT2D eigenvalue weighted by atomic mass is 9.97. The highest BCUT2D eigenvalue weighted by Crippen LogP contribution is 2.30. The van der Waals surface area contributed by atoms with E-state index in [4.69, 9.17) is 0 Å². The number of carbonyl (C=O) groups excluding carboxylic acids is 1. The first kappa shape index (κ1) is 16.5. The molecule has 0 radical (unpaired) electrons. The maximum absolute atomic E-state index is 12.7. The number of amides is 1. The molecule has 3 aromatic rings. The van der Waals surface area contributed by atoms with Gasteiger partial charge >= 0.3 is 0 Å². The van der Waals surface area contributed by atoms with E-state index in [0.717, 1.165) is 42.4 Å². The molecule has 1 aromatic carbocycles. The van der Waals surface area contributed by atoms with Crippen LogP contribution in [0.25, 0.3) is 11.4 Å². The van der Waals surface area contributed by atoms with Crippen molar-refractivity contribution in [2.24, 2.45) is 0 Å². The fourth-order valence-corrected chi connectivity index (χ4v) is 3.49. The summed E-state index contributed by atoms with van der Waals surface area (Å²) in [6.45, 7) is 4.10. The van der Waals surface area contributed by atoms with Gasteiger partial charge in [-0.25, -0.2) is 4.98 Å². The lowest BCUT2D eigenvalue weighted by Gasteiger charge is -2.23. The van der Waals surface area contributed by atoms with E-state index < -0.39 is 0 Å². The maximum Gasteiger partial charge on any atom is 0.230 e. The maximum atomic E-state index is 12.7. The van der Waals surface area contributed by atoms with Crippen molar-refractivity contribution < 1.29 is 4.79 Å². The molecular weight excluding hydrogens is 328 g/mol. The van der Waals surface area contributed by atoms with Gasteiger partial charge < -0.3 is 14.5 Å². The molecular formula is C19H22N6O. The monoisotopic (exact) mass is 350 g/mol. The van der Waals surface area contributed by atoms with E-state index in [0.29, 0.717) is 13.1 Å². The van der Waals surface area contributed by atoms with Crippen molar-refractivity contribution in [1.29, 1.82) is 0 Å². The van der Waals surface area contributed by atoms with Crippen LogP contribution in [0, 0.1) is 6.92 Å². The van der Waals surface area contributed by atoms with E-state index in [1.165, 1.54) is 0 Å². The van der Waals surface area contributed by atoms with E-state index >= 15 is 0 Å². The second-order valence-electron chi connectivity index (χ2n) is 6.55. The lowest BCUT2D eigenvalue weighted by Crippen LogP contribution is -2.35. The van der Waals surface area contributed by atoms with E-state index in [1.807, 2.05) is 48.0 Å². The summed E-state index contributed by atoms with van der Waals surface area (Å²) in [5, 5.41) is 11.7. The van der Waals surface area contributed by atoms with E-state index in [-0.39, 0.29) is 11.8 Å². The summed E-state index contributed by atoms with van der Waals surface area (Å²) in [5.74, 6) is 2.34. The summed E-state index contributed by atoms with van der Waals surface area (Å²) in [7, 11) is 0. The molecule has 1 aliphatic heterocycles. The first-order chi connectivity index (χ1) is 12.7. The summed E-state index contributed by atoms with van der Waals surface area (Å²) < 4.78 is 4.11. The van der Waals surface area contributed by atoms with Crippen LogP contribution in [0.2, 0.25) is 0 Å². The topological polar surface area (TPSA) is 77.6 Å². The molecule has 7 nitrogen and oxygen atoms in total. The standard InChI is InChI=1S/C19H22N6O/c1-14-20-9-12-24(14)13-10-21-19(26)16-8-5-11-25-17(22-23-18(16)25)15-6-3-2-4-7-15/h2-4,6-7,9,12,16H,5,8,10-11,13H2,1H3,(H,21,26). The second kappa shape index (κ2) is 7.11. The Hall–Kier alpha value is -2.96. The largest absolute Gasteiger partial charge is 0.354 e. The first-order valence-corrected chi connectivity index (χ1v) is 8.98. The van der Waals surface area contributed by atoms with Crippen molar-refractivity contribution in [3.63, 3.8) is 0 Å². The van der Waals surface area contributed by atoms with Crippen molar-refractivity contribution >= 4 is 5.91 Å². The molecule has 134 valence electrons. The molecule has 7 heteroatoms. The number of rotatable bonds is 5. The van der Waals surface area contributed by atoms with Crippen molar-refractivity contribution in [2.45, 2.75) is 38.8 Å². The normalized spacial score (nSPS) is 16.3. The number of nitrogens with zero attached hydrogens (tertiary/aromatic N) is 5. The van der Waals surface area contributed by atoms with Crippen LogP contribution in [0.1, 0.15) is 30.4 Å². The summed E-state index contributed by atoms with van der Waals surface area (Å²) in [6, 6.07) is 10.0. The first-order valence-electron chi connectivity index (χ1n) is 8.98. The van der Waals surface area contributed by atoms with Gasteiger partial charge in [0.1, 0.15) is 11.6 Å². The van der Waals surface area contributed by atoms with Gasteiger partial charge in [-0.1, -0.05) is 30.3 Å². The molecule has 4 rings (SSSR count). The molecule has 1 unspecified atom stereocenters. The number of benzene rings is 1. The number of hydrogen-bond donors (Lipinski definition) is 1. The number of aromatic nitrogens is 5. The van der Waals surface area contributed by atoms with Gasteiger partial charge in [-0.3, -0.25) is 4.79 Å². The second-order valence-corrected chi connectivity index (χ2v) is 6.55. The molecule has 0 saturated carbocycles. The summed E-state index contributed by atoms with van der Waals surface area (Å²) in [6.07, 6.45) is 5.45. The van der Waals surface area contributed by atoms with Gasteiger partial charge in [0, 0.05) is 37.6 Å². The Kier molecular flexibility index (Phi) is 4.51. The van der Waals surface area contributed by atoms with Crippen molar-refractivity contribution in [1.82, 2.24) is 29.6 Å².